The minimum atomic E-state index is -0.584. The summed E-state index contributed by atoms with van der Waals surface area (Å²) in [7, 11) is 0. The zero-order valence-electron chi connectivity index (χ0n) is 10.3. The predicted octanol–water partition coefficient (Wildman–Crippen LogP) is 2.95. The van der Waals surface area contributed by atoms with Gasteiger partial charge in [-0.05, 0) is 59.2 Å². The molecule has 4 heteroatoms. The van der Waals surface area contributed by atoms with Crippen molar-refractivity contribution in [3.8, 4) is 0 Å². The summed E-state index contributed by atoms with van der Waals surface area (Å²) >= 11 is 2.23. The summed E-state index contributed by atoms with van der Waals surface area (Å²) in [4.78, 5) is 11.7. The van der Waals surface area contributed by atoms with Crippen LogP contribution < -0.4 is 5.32 Å². The van der Waals surface area contributed by atoms with E-state index in [1.54, 1.807) is 0 Å². The summed E-state index contributed by atoms with van der Waals surface area (Å²) < 4.78 is 1.14. The minimum Gasteiger partial charge on any atom is -0.392 e. The van der Waals surface area contributed by atoms with Crippen LogP contribution in [-0.4, -0.2) is 17.1 Å². The molecular weight excluding hydrogens is 329 g/mol. The molecule has 1 amide bonds. The maximum atomic E-state index is 11.7. The molecule has 3 nitrogen and oxygen atoms in total. The van der Waals surface area contributed by atoms with Gasteiger partial charge in [0.05, 0.1) is 12.5 Å². The SMILES string of the molecule is Cc1cc(I)ccc1NC(=O)CC(O)C(C)C. The van der Waals surface area contributed by atoms with Crippen LogP contribution in [0.25, 0.3) is 0 Å². The van der Waals surface area contributed by atoms with E-state index in [9.17, 15) is 9.90 Å². The first kappa shape index (κ1) is 14.4. The number of aliphatic hydroxyl groups excluding tert-OH is 1. The van der Waals surface area contributed by atoms with Crippen LogP contribution in [0.4, 0.5) is 5.69 Å². The van der Waals surface area contributed by atoms with Crippen LogP contribution in [0.15, 0.2) is 18.2 Å². The lowest BCUT2D eigenvalue weighted by Gasteiger charge is -2.14. The molecule has 0 fully saturated rings. The number of halogens is 1. The third kappa shape index (κ3) is 4.63. The van der Waals surface area contributed by atoms with E-state index in [1.807, 2.05) is 39.0 Å². The first-order valence-electron chi connectivity index (χ1n) is 5.64. The van der Waals surface area contributed by atoms with Crippen molar-refractivity contribution >= 4 is 34.2 Å². The van der Waals surface area contributed by atoms with Crippen molar-refractivity contribution in [3.05, 3.63) is 27.3 Å². The summed E-state index contributed by atoms with van der Waals surface area (Å²) in [6.45, 7) is 5.75. The lowest BCUT2D eigenvalue weighted by atomic mass is 10.0. The third-order valence-corrected chi connectivity index (χ3v) is 3.30. The molecule has 0 bridgehead atoms. The Morgan fingerprint density at radius 2 is 2.12 bits per heavy atom. The molecule has 0 heterocycles. The highest BCUT2D eigenvalue weighted by molar-refractivity contribution is 14.1. The van der Waals surface area contributed by atoms with Crippen molar-refractivity contribution in [3.63, 3.8) is 0 Å². The topological polar surface area (TPSA) is 49.3 Å². The third-order valence-electron chi connectivity index (χ3n) is 2.63. The molecule has 0 saturated carbocycles. The molecule has 1 atom stereocenters. The molecule has 0 aromatic heterocycles. The number of aryl methyl sites for hydroxylation is 1. The van der Waals surface area contributed by atoms with Gasteiger partial charge in [0.2, 0.25) is 5.91 Å². The fourth-order valence-corrected chi connectivity index (χ4v) is 2.04. The number of carbonyl (C=O) groups is 1. The van der Waals surface area contributed by atoms with E-state index in [4.69, 9.17) is 0 Å². The predicted molar refractivity (Wildman–Crippen MR) is 78.0 cm³/mol. The summed E-state index contributed by atoms with van der Waals surface area (Å²) in [6.07, 6.45) is -0.442. The zero-order chi connectivity index (χ0) is 13.0. The molecular formula is C13H18INO2. The molecule has 0 aliphatic heterocycles. The van der Waals surface area contributed by atoms with Gasteiger partial charge >= 0.3 is 0 Å². The summed E-state index contributed by atoms with van der Waals surface area (Å²) in [5.41, 5.74) is 1.84. The summed E-state index contributed by atoms with van der Waals surface area (Å²) in [5.74, 6) is -0.0472. The molecule has 0 aliphatic rings. The average Bonchev–Trinajstić information content (AvgIpc) is 2.22. The van der Waals surface area contributed by atoms with E-state index in [0.717, 1.165) is 14.8 Å². The number of rotatable bonds is 4. The van der Waals surface area contributed by atoms with Gasteiger partial charge in [-0.15, -0.1) is 0 Å². The monoisotopic (exact) mass is 347 g/mol. The van der Waals surface area contributed by atoms with E-state index >= 15 is 0 Å². The molecule has 1 rings (SSSR count). The maximum Gasteiger partial charge on any atom is 0.226 e. The van der Waals surface area contributed by atoms with Crippen molar-refractivity contribution in [2.45, 2.75) is 33.3 Å². The number of aliphatic hydroxyl groups is 1. The quantitative estimate of drug-likeness (QED) is 0.823. The molecule has 0 spiro atoms. The lowest BCUT2D eigenvalue weighted by molar-refractivity contribution is -0.118. The fourth-order valence-electron chi connectivity index (χ4n) is 1.39. The van der Waals surface area contributed by atoms with Gasteiger partial charge in [0.15, 0.2) is 0 Å². The Morgan fingerprint density at radius 1 is 1.47 bits per heavy atom. The Morgan fingerprint density at radius 3 is 2.65 bits per heavy atom. The Bertz CT molecular complexity index is 404. The largest absolute Gasteiger partial charge is 0.392 e. The standard InChI is InChI=1S/C13H18INO2/c1-8(2)12(16)7-13(17)15-11-5-4-10(14)6-9(11)3/h4-6,8,12,16H,7H2,1-3H3,(H,15,17). The number of anilines is 1. The molecule has 0 radical (unpaired) electrons. The van der Waals surface area contributed by atoms with E-state index < -0.39 is 6.10 Å². The molecule has 1 unspecified atom stereocenters. The van der Waals surface area contributed by atoms with Crippen LogP contribution in [0.2, 0.25) is 0 Å². The van der Waals surface area contributed by atoms with Gasteiger partial charge in [-0.2, -0.15) is 0 Å². The van der Waals surface area contributed by atoms with Gasteiger partial charge in [-0.1, -0.05) is 13.8 Å². The smallest absolute Gasteiger partial charge is 0.226 e. The fraction of sp³-hybridized carbons (Fsp3) is 0.462. The van der Waals surface area contributed by atoms with Crippen molar-refractivity contribution < 1.29 is 9.90 Å². The van der Waals surface area contributed by atoms with E-state index in [1.165, 1.54) is 0 Å². The molecule has 1 aromatic carbocycles. The Balaban J connectivity index is 2.62. The molecule has 94 valence electrons. The Hall–Kier alpha value is -0.620. The lowest BCUT2D eigenvalue weighted by Crippen LogP contribution is -2.23. The van der Waals surface area contributed by atoms with E-state index in [2.05, 4.69) is 27.9 Å². The molecule has 0 aliphatic carbocycles. The minimum absolute atomic E-state index is 0.0959. The second-order valence-corrected chi connectivity index (χ2v) is 5.77. The number of amides is 1. The number of carbonyl (C=O) groups excluding carboxylic acids is 1. The van der Waals surface area contributed by atoms with Crippen LogP contribution >= 0.6 is 22.6 Å². The highest BCUT2D eigenvalue weighted by atomic mass is 127. The Kier molecular flexibility index (Phi) is 5.39. The van der Waals surface area contributed by atoms with Crippen LogP contribution in [0.3, 0.4) is 0 Å². The average molecular weight is 347 g/mol. The maximum absolute atomic E-state index is 11.7. The number of benzene rings is 1. The van der Waals surface area contributed by atoms with E-state index in [-0.39, 0.29) is 18.2 Å². The van der Waals surface area contributed by atoms with Gasteiger partial charge in [0, 0.05) is 9.26 Å². The van der Waals surface area contributed by atoms with Gasteiger partial charge < -0.3 is 10.4 Å². The van der Waals surface area contributed by atoms with Crippen molar-refractivity contribution in [2.75, 3.05) is 5.32 Å². The van der Waals surface area contributed by atoms with Crippen LogP contribution in [0.1, 0.15) is 25.8 Å². The molecule has 1 aromatic rings. The second kappa shape index (κ2) is 6.35. The first-order chi connectivity index (χ1) is 7.90. The van der Waals surface area contributed by atoms with Crippen molar-refractivity contribution in [1.29, 1.82) is 0 Å². The van der Waals surface area contributed by atoms with Crippen LogP contribution in [-0.2, 0) is 4.79 Å². The first-order valence-corrected chi connectivity index (χ1v) is 6.72. The van der Waals surface area contributed by atoms with Gasteiger partial charge in [-0.3, -0.25) is 4.79 Å². The summed E-state index contributed by atoms with van der Waals surface area (Å²) in [6, 6.07) is 5.84. The van der Waals surface area contributed by atoms with Gasteiger partial charge in [-0.25, -0.2) is 0 Å². The van der Waals surface area contributed by atoms with Gasteiger partial charge in [0.1, 0.15) is 0 Å². The second-order valence-electron chi connectivity index (χ2n) is 4.52. The van der Waals surface area contributed by atoms with Gasteiger partial charge in [0.25, 0.3) is 0 Å². The normalized spacial score (nSPS) is 12.6. The van der Waals surface area contributed by atoms with E-state index in [0.29, 0.717) is 0 Å². The highest BCUT2D eigenvalue weighted by Gasteiger charge is 2.14. The van der Waals surface area contributed by atoms with Crippen LogP contribution in [0, 0.1) is 16.4 Å². The number of hydrogen-bond donors (Lipinski definition) is 2. The summed E-state index contributed by atoms with van der Waals surface area (Å²) in [5, 5.41) is 12.4. The van der Waals surface area contributed by atoms with Crippen LogP contribution in [0.5, 0.6) is 0 Å². The molecule has 2 N–H and O–H groups in total. The Labute approximate surface area is 116 Å². The van der Waals surface area contributed by atoms with Crippen molar-refractivity contribution in [2.24, 2.45) is 5.92 Å². The highest BCUT2D eigenvalue weighted by Crippen LogP contribution is 2.18. The zero-order valence-corrected chi connectivity index (χ0v) is 12.5. The number of nitrogens with one attached hydrogen (secondary N) is 1. The molecule has 0 saturated heterocycles. The molecule has 17 heavy (non-hydrogen) atoms. The van der Waals surface area contributed by atoms with Crippen molar-refractivity contribution in [1.82, 2.24) is 0 Å². The number of hydrogen-bond acceptors (Lipinski definition) is 2.